The van der Waals surface area contributed by atoms with Crippen LogP contribution in [0.15, 0.2) is 64.8 Å². The van der Waals surface area contributed by atoms with E-state index in [1.165, 1.54) is 29.6 Å². The van der Waals surface area contributed by atoms with Gasteiger partial charge in [0.2, 0.25) is 0 Å². The van der Waals surface area contributed by atoms with Crippen molar-refractivity contribution >= 4 is 0 Å². The van der Waals surface area contributed by atoms with Crippen LogP contribution in [0.2, 0.25) is 0 Å². The van der Waals surface area contributed by atoms with Crippen LogP contribution in [0.1, 0.15) is 39.2 Å². The van der Waals surface area contributed by atoms with Crippen molar-refractivity contribution in [1.82, 2.24) is 0 Å². The van der Waals surface area contributed by atoms with Gasteiger partial charge in [0, 0.05) is 5.41 Å². The number of hydrogen-bond acceptors (Lipinski definition) is 0. The lowest BCUT2D eigenvalue weighted by molar-refractivity contribution is 0.805. The van der Waals surface area contributed by atoms with Gasteiger partial charge in [0.1, 0.15) is 0 Å². The molecule has 2 aliphatic rings. The highest BCUT2D eigenvalue weighted by Crippen LogP contribution is 2.58. The second-order valence-electron chi connectivity index (χ2n) is 5.63. The number of rotatable bonds is 2. The maximum Gasteiger partial charge on any atom is 0.0392 e. The topological polar surface area (TPSA) is 0 Å². The first-order chi connectivity index (χ1) is 8.65. The summed E-state index contributed by atoms with van der Waals surface area (Å²) in [6, 6.07) is 10.9. The molecule has 0 aromatic heterocycles. The quantitative estimate of drug-likeness (QED) is 0.682. The minimum absolute atomic E-state index is 0.180. The molecule has 0 saturated heterocycles. The maximum absolute atomic E-state index is 2.36. The SMILES string of the molecule is CC1=C(C2=C(C)C2(C)c2ccccc2)C=CCC1. The van der Waals surface area contributed by atoms with E-state index in [4.69, 9.17) is 0 Å². The molecule has 0 spiro atoms. The summed E-state index contributed by atoms with van der Waals surface area (Å²) >= 11 is 0. The van der Waals surface area contributed by atoms with Crippen molar-refractivity contribution in [2.45, 2.75) is 39.0 Å². The molecular formula is C18H20. The van der Waals surface area contributed by atoms with Gasteiger partial charge in [-0.05, 0) is 50.3 Å². The zero-order valence-electron chi connectivity index (χ0n) is 11.5. The number of hydrogen-bond donors (Lipinski definition) is 0. The highest BCUT2D eigenvalue weighted by Gasteiger charge is 2.48. The molecule has 0 aliphatic heterocycles. The molecule has 0 radical (unpaired) electrons. The molecular weight excluding hydrogens is 216 g/mol. The second-order valence-corrected chi connectivity index (χ2v) is 5.63. The normalized spacial score (nSPS) is 26.8. The van der Waals surface area contributed by atoms with Crippen LogP contribution in [0.3, 0.4) is 0 Å². The summed E-state index contributed by atoms with van der Waals surface area (Å²) in [5, 5.41) is 0. The van der Waals surface area contributed by atoms with E-state index in [1.807, 2.05) is 0 Å². The summed E-state index contributed by atoms with van der Waals surface area (Å²) in [6.07, 6.45) is 7.05. The molecule has 1 aromatic carbocycles. The fourth-order valence-electron chi connectivity index (χ4n) is 3.21. The van der Waals surface area contributed by atoms with Gasteiger partial charge in [-0.2, -0.15) is 0 Å². The zero-order chi connectivity index (χ0) is 12.8. The molecule has 0 fully saturated rings. The molecule has 0 heterocycles. The van der Waals surface area contributed by atoms with Crippen LogP contribution in [-0.4, -0.2) is 0 Å². The van der Waals surface area contributed by atoms with E-state index < -0.39 is 0 Å². The Labute approximate surface area is 110 Å². The van der Waals surface area contributed by atoms with Crippen LogP contribution in [0.25, 0.3) is 0 Å². The summed E-state index contributed by atoms with van der Waals surface area (Å²) in [5.41, 5.74) is 7.74. The number of benzene rings is 1. The highest BCUT2D eigenvalue weighted by atomic mass is 14.5. The highest BCUT2D eigenvalue weighted by molar-refractivity contribution is 5.71. The smallest absolute Gasteiger partial charge is 0.0392 e. The van der Waals surface area contributed by atoms with Crippen LogP contribution >= 0.6 is 0 Å². The third-order valence-corrected chi connectivity index (χ3v) is 4.61. The Balaban J connectivity index is 2.00. The summed E-state index contributed by atoms with van der Waals surface area (Å²) in [7, 11) is 0. The zero-order valence-corrected chi connectivity index (χ0v) is 11.5. The Hall–Kier alpha value is -1.56. The standard InChI is InChI=1S/C18H20/c1-13-9-7-8-12-16(13)17-14(2)18(17,3)15-10-5-4-6-11-15/h4-6,8,10-12H,7,9H2,1-3H3. The third kappa shape index (κ3) is 1.52. The Morgan fingerprint density at radius 1 is 1.06 bits per heavy atom. The van der Waals surface area contributed by atoms with Gasteiger partial charge in [0.05, 0.1) is 0 Å². The molecule has 2 aliphatic carbocycles. The van der Waals surface area contributed by atoms with Gasteiger partial charge in [-0.1, -0.05) is 53.6 Å². The molecule has 92 valence electrons. The predicted octanol–water partition coefficient (Wildman–Crippen LogP) is 4.94. The monoisotopic (exact) mass is 236 g/mol. The van der Waals surface area contributed by atoms with Crippen LogP contribution < -0.4 is 0 Å². The number of allylic oxidation sites excluding steroid dienone is 6. The third-order valence-electron chi connectivity index (χ3n) is 4.61. The molecule has 1 aromatic rings. The van der Waals surface area contributed by atoms with Crippen molar-refractivity contribution in [2.24, 2.45) is 0 Å². The lowest BCUT2D eigenvalue weighted by Crippen LogP contribution is -2.09. The fourth-order valence-corrected chi connectivity index (χ4v) is 3.21. The fraction of sp³-hybridized carbons (Fsp3) is 0.333. The second kappa shape index (κ2) is 3.98. The molecule has 0 nitrogen and oxygen atoms in total. The largest absolute Gasteiger partial charge is 0.0836 e. The minimum atomic E-state index is 0.180. The van der Waals surface area contributed by atoms with Crippen molar-refractivity contribution in [3.63, 3.8) is 0 Å². The average Bonchev–Trinajstić information content (AvgIpc) is 2.95. The van der Waals surface area contributed by atoms with Crippen molar-refractivity contribution in [2.75, 3.05) is 0 Å². The van der Waals surface area contributed by atoms with Crippen LogP contribution in [0.5, 0.6) is 0 Å². The predicted molar refractivity (Wildman–Crippen MR) is 77.6 cm³/mol. The first-order valence-electron chi connectivity index (χ1n) is 6.79. The Bertz CT molecular complexity index is 569. The van der Waals surface area contributed by atoms with E-state index in [2.05, 4.69) is 63.3 Å². The molecule has 0 heteroatoms. The van der Waals surface area contributed by atoms with E-state index in [0.29, 0.717) is 0 Å². The first kappa shape index (κ1) is 11.5. The van der Waals surface area contributed by atoms with E-state index in [0.717, 1.165) is 0 Å². The van der Waals surface area contributed by atoms with Gasteiger partial charge in [0.25, 0.3) is 0 Å². The molecule has 0 bridgehead atoms. The van der Waals surface area contributed by atoms with Crippen molar-refractivity contribution in [1.29, 1.82) is 0 Å². The molecule has 0 amide bonds. The van der Waals surface area contributed by atoms with Gasteiger partial charge in [-0.3, -0.25) is 0 Å². The Kier molecular flexibility index (Phi) is 2.55. The maximum atomic E-state index is 2.36. The summed E-state index contributed by atoms with van der Waals surface area (Å²) in [6.45, 7) is 6.92. The van der Waals surface area contributed by atoms with E-state index in [9.17, 15) is 0 Å². The lowest BCUT2D eigenvalue weighted by Gasteiger charge is -2.18. The van der Waals surface area contributed by atoms with Crippen molar-refractivity contribution < 1.29 is 0 Å². The van der Waals surface area contributed by atoms with Crippen LogP contribution in [-0.2, 0) is 5.41 Å². The minimum Gasteiger partial charge on any atom is -0.0836 e. The molecule has 0 N–H and O–H groups in total. The van der Waals surface area contributed by atoms with Crippen LogP contribution in [0.4, 0.5) is 0 Å². The average molecular weight is 236 g/mol. The summed E-state index contributed by atoms with van der Waals surface area (Å²) in [4.78, 5) is 0. The molecule has 18 heavy (non-hydrogen) atoms. The van der Waals surface area contributed by atoms with E-state index >= 15 is 0 Å². The Morgan fingerprint density at radius 2 is 1.78 bits per heavy atom. The van der Waals surface area contributed by atoms with Gasteiger partial charge in [-0.25, -0.2) is 0 Å². The van der Waals surface area contributed by atoms with Gasteiger partial charge >= 0.3 is 0 Å². The summed E-state index contributed by atoms with van der Waals surface area (Å²) < 4.78 is 0. The van der Waals surface area contributed by atoms with Gasteiger partial charge in [-0.15, -0.1) is 0 Å². The summed E-state index contributed by atoms with van der Waals surface area (Å²) in [5.74, 6) is 0. The Morgan fingerprint density at radius 3 is 2.44 bits per heavy atom. The first-order valence-corrected chi connectivity index (χ1v) is 6.79. The molecule has 1 atom stereocenters. The van der Waals surface area contributed by atoms with E-state index in [-0.39, 0.29) is 5.41 Å². The van der Waals surface area contributed by atoms with Gasteiger partial charge < -0.3 is 0 Å². The van der Waals surface area contributed by atoms with Crippen molar-refractivity contribution in [3.05, 3.63) is 70.3 Å². The molecule has 1 unspecified atom stereocenters. The van der Waals surface area contributed by atoms with E-state index in [1.54, 1.807) is 11.1 Å². The molecule has 0 saturated carbocycles. The van der Waals surface area contributed by atoms with Gasteiger partial charge in [0.15, 0.2) is 0 Å². The van der Waals surface area contributed by atoms with Crippen molar-refractivity contribution in [3.8, 4) is 0 Å². The van der Waals surface area contributed by atoms with Crippen LogP contribution in [0, 0.1) is 0 Å². The molecule has 3 rings (SSSR count). The lowest BCUT2D eigenvalue weighted by atomic mass is 9.86.